The summed E-state index contributed by atoms with van der Waals surface area (Å²) in [5, 5.41) is 14.0. The molecule has 0 aromatic carbocycles. The van der Waals surface area contributed by atoms with Crippen LogP contribution in [0.1, 0.15) is 33.0 Å². The highest BCUT2D eigenvalue weighted by Gasteiger charge is 2.26. The molecule has 4 nitrogen and oxygen atoms in total. The molecule has 1 unspecified atom stereocenters. The second-order valence-corrected chi connectivity index (χ2v) is 4.36. The van der Waals surface area contributed by atoms with Crippen molar-refractivity contribution in [2.45, 2.75) is 39.7 Å². The van der Waals surface area contributed by atoms with Gasteiger partial charge in [0.25, 0.3) is 0 Å². The van der Waals surface area contributed by atoms with Crippen LogP contribution in [0.5, 0.6) is 0 Å². The molecule has 0 amide bonds. The topological polar surface area (TPSA) is 50.9 Å². The van der Waals surface area contributed by atoms with Gasteiger partial charge in [0, 0.05) is 13.5 Å². The number of hydrogen-bond donors (Lipinski definition) is 1. The van der Waals surface area contributed by atoms with Gasteiger partial charge in [-0.3, -0.25) is 4.68 Å². The maximum Gasteiger partial charge on any atom is 0.138 e. The van der Waals surface area contributed by atoms with E-state index >= 15 is 0 Å². The van der Waals surface area contributed by atoms with Crippen molar-refractivity contribution in [3.05, 3.63) is 12.2 Å². The monoisotopic (exact) mass is 197 g/mol. The highest BCUT2D eigenvalue weighted by atomic mass is 16.3. The molecule has 1 heterocycles. The van der Waals surface area contributed by atoms with Crippen LogP contribution in [0, 0.1) is 5.41 Å². The summed E-state index contributed by atoms with van der Waals surface area (Å²) < 4.78 is 1.70. The van der Waals surface area contributed by atoms with E-state index in [-0.39, 0.29) is 11.5 Å². The molecule has 4 heteroatoms. The Kier molecular flexibility index (Phi) is 3.26. The Hall–Kier alpha value is -0.900. The summed E-state index contributed by atoms with van der Waals surface area (Å²) in [6, 6.07) is 0. The molecule has 1 N–H and O–H groups in total. The average molecular weight is 197 g/mol. The van der Waals surface area contributed by atoms with E-state index in [1.54, 1.807) is 4.68 Å². The zero-order chi connectivity index (χ0) is 10.8. The van der Waals surface area contributed by atoms with Crippen molar-refractivity contribution in [2.75, 3.05) is 0 Å². The summed E-state index contributed by atoms with van der Waals surface area (Å²) in [7, 11) is 1.84. The Morgan fingerprint density at radius 2 is 2.21 bits per heavy atom. The van der Waals surface area contributed by atoms with Gasteiger partial charge in [-0.25, -0.2) is 4.98 Å². The van der Waals surface area contributed by atoms with Crippen molar-refractivity contribution in [1.82, 2.24) is 14.8 Å². The first-order valence-electron chi connectivity index (χ1n) is 4.98. The van der Waals surface area contributed by atoms with Crippen LogP contribution in [0.15, 0.2) is 6.33 Å². The minimum atomic E-state index is -0.365. The summed E-state index contributed by atoms with van der Waals surface area (Å²) in [6.07, 6.45) is 2.67. The van der Waals surface area contributed by atoms with Crippen molar-refractivity contribution < 1.29 is 5.11 Å². The predicted octanol–water partition coefficient (Wildman–Crippen LogP) is 1.15. The van der Waals surface area contributed by atoms with Crippen LogP contribution in [-0.2, 0) is 13.5 Å². The molecule has 0 saturated carbocycles. The molecule has 80 valence electrons. The lowest BCUT2D eigenvalue weighted by Crippen LogP contribution is -2.31. The normalized spacial score (nSPS) is 14.4. The van der Waals surface area contributed by atoms with Gasteiger partial charge < -0.3 is 5.11 Å². The van der Waals surface area contributed by atoms with E-state index in [0.717, 1.165) is 12.2 Å². The summed E-state index contributed by atoms with van der Waals surface area (Å²) in [5.74, 6) is 0.832. The Morgan fingerprint density at radius 1 is 1.57 bits per heavy atom. The predicted molar refractivity (Wildman–Crippen MR) is 54.8 cm³/mol. The van der Waals surface area contributed by atoms with E-state index in [1.807, 2.05) is 7.05 Å². The van der Waals surface area contributed by atoms with Gasteiger partial charge in [-0.1, -0.05) is 20.8 Å². The largest absolute Gasteiger partial charge is 0.392 e. The third-order valence-electron chi connectivity index (χ3n) is 2.99. The number of aromatic nitrogens is 3. The molecule has 1 atom stereocenters. The lowest BCUT2D eigenvalue weighted by atomic mass is 9.82. The smallest absolute Gasteiger partial charge is 0.138 e. The van der Waals surface area contributed by atoms with Gasteiger partial charge in [0.2, 0.25) is 0 Å². The second-order valence-electron chi connectivity index (χ2n) is 4.36. The standard InChI is InChI=1S/C10H19N3O/c1-5-10(2,3)8(14)6-9-11-7-12-13(9)4/h7-8,14H,5-6H2,1-4H3. The van der Waals surface area contributed by atoms with E-state index < -0.39 is 0 Å². The number of hydrogen-bond acceptors (Lipinski definition) is 3. The average Bonchev–Trinajstić information content (AvgIpc) is 2.52. The minimum absolute atomic E-state index is 0.0635. The van der Waals surface area contributed by atoms with Crippen LogP contribution in [-0.4, -0.2) is 26.0 Å². The number of aliphatic hydroxyl groups excluding tert-OH is 1. The fourth-order valence-corrected chi connectivity index (χ4v) is 1.19. The SMILES string of the molecule is CCC(C)(C)C(O)Cc1ncnn1C. The summed E-state index contributed by atoms with van der Waals surface area (Å²) >= 11 is 0. The van der Waals surface area contributed by atoms with Crippen molar-refractivity contribution >= 4 is 0 Å². The first kappa shape index (κ1) is 11.2. The van der Waals surface area contributed by atoms with Crippen molar-refractivity contribution in [3.8, 4) is 0 Å². The molecule has 0 fully saturated rings. The van der Waals surface area contributed by atoms with E-state index in [0.29, 0.717) is 6.42 Å². The number of rotatable bonds is 4. The molecule has 0 saturated heterocycles. The molecule has 0 bridgehead atoms. The van der Waals surface area contributed by atoms with Crippen LogP contribution in [0.2, 0.25) is 0 Å². The van der Waals surface area contributed by atoms with Crippen molar-refractivity contribution in [1.29, 1.82) is 0 Å². The van der Waals surface area contributed by atoms with Crippen molar-refractivity contribution in [3.63, 3.8) is 0 Å². The summed E-state index contributed by atoms with van der Waals surface area (Å²) in [5.41, 5.74) is -0.0635. The fourth-order valence-electron chi connectivity index (χ4n) is 1.19. The minimum Gasteiger partial charge on any atom is -0.392 e. The van der Waals surface area contributed by atoms with Gasteiger partial charge in [0.05, 0.1) is 6.10 Å². The number of aliphatic hydroxyl groups is 1. The van der Waals surface area contributed by atoms with Crippen molar-refractivity contribution in [2.24, 2.45) is 12.5 Å². The van der Waals surface area contributed by atoms with Gasteiger partial charge in [0.15, 0.2) is 0 Å². The van der Waals surface area contributed by atoms with E-state index in [4.69, 9.17) is 0 Å². The number of nitrogens with zero attached hydrogens (tertiary/aromatic N) is 3. The van der Waals surface area contributed by atoms with Gasteiger partial charge in [-0.2, -0.15) is 5.10 Å². The van der Waals surface area contributed by atoms with Crippen LogP contribution < -0.4 is 0 Å². The fraction of sp³-hybridized carbons (Fsp3) is 0.800. The second kappa shape index (κ2) is 4.09. The molecule has 0 spiro atoms. The molecule has 1 aromatic heterocycles. The maximum absolute atomic E-state index is 9.99. The van der Waals surface area contributed by atoms with Gasteiger partial charge in [0.1, 0.15) is 12.2 Å². The molecule has 0 aliphatic heterocycles. The Morgan fingerprint density at radius 3 is 2.64 bits per heavy atom. The Balaban J connectivity index is 2.66. The Labute approximate surface area is 85.0 Å². The van der Waals surface area contributed by atoms with E-state index in [2.05, 4.69) is 30.9 Å². The molecular formula is C10H19N3O. The lowest BCUT2D eigenvalue weighted by molar-refractivity contribution is 0.0456. The molecule has 0 radical (unpaired) electrons. The molecule has 1 aromatic rings. The quantitative estimate of drug-likeness (QED) is 0.788. The van der Waals surface area contributed by atoms with E-state index in [9.17, 15) is 5.11 Å². The highest BCUT2D eigenvalue weighted by Crippen LogP contribution is 2.26. The molecular weight excluding hydrogens is 178 g/mol. The van der Waals surface area contributed by atoms with Gasteiger partial charge in [-0.15, -0.1) is 0 Å². The zero-order valence-electron chi connectivity index (χ0n) is 9.36. The van der Waals surface area contributed by atoms with Crippen LogP contribution in [0.4, 0.5) is 0 Å². The molecule has 14 heavy (non-hydrogen) atoms. The van der Waals surface area contributed by atoms with Crippen LogP contribution in [0.3, 0.4) is 0 Å². The summed E-state index contributed by atoms with van der Waals surface area (Å²) in [6.45, 7) is 6.21. The first-order chi connectivity index (χ1) is 6.47. The highest BCUT2D eigenvalue weighted by molar-refractivity contribution is 4.90. The third kappa shape index (κ3) is 2.32. The van der Waals surface area contributed by atoms with E-state index in [1.165, 1.54) is 6.33 Å². The summed E-state index contributed by atoms with van der Waals surface area (Å²) in [4.78, 5) is 4.10. The molecule has 0 aliphatic rings. The molecule has 1 rings (SSSR count). The third-order valence-corrected chi connectivity index (χ3v) is 2.99. The molecule has 0 aliphatic carbocycles. The first-order valence-corrected chi connectivity index (χ1v) is 4.98. The van der Waals surface area contributed by atoms with Crippen LogP contribution >= 0.6 is 0 Å². The maximum atomic E-state index is 9.99. The van der Waals surface area contributed by atoms with Crippen LogP contribution in [0.25, 0.3) is 0 Å². The van der Waals surface area contributed by atoms with Gasteiger partial charge in [-0.05, 0) is 11.8 Å². The van der Waals surface area contributed by atoms with Gasteiger partial charge >= 0.3 is 0 Å². The number of aryl methyl sites for hydroxylation is 1. The Bertz CT molecular complexity index is 293. The zero-order valence-corrected chi connectivity index (χ0v) is 9.36. The lowest BCUT2D eigenvalue weighted by Gasteiger charge is -2.28.